The summed E-state index contributed by atoms with van der Waals surface area (Å²) in [7, 11) is 0. The van der Waals surface area contributed by atoms with Crippen LogP contribution in [0, 0.1) is 0 Å². The quantitative estimate of drug-likeness (QED) is 0.528. The molecule has 0 aliphatic rings. The zero-order valence-electron chi connectivity index (χ0n) is 1.89. The average molecular weight is 254 g/mol. The van der Waals surface area contributed by atoms with Crippen LogP contribution in [-0.4, -0.2) is 0 Å². The summed E-state index contributed by atoms with van der Waals surface area (Å²) in [4.78, 5) is 0. The van der Waals surface area contributed by atoms with Gasteiger partial charge in [-0.2, -0.15) is 0 Å². The topological polar surface area (TPSA) is 85.5 Å². The van der Waals surface area contributed by atoms with Crippen molar-refractivity contribution in [3.63, 3.8) is 0 Å². The van der Waals surface area contributed by atoms with Gasteiger partial charge in [-0.1, -0.05) is 0 Å². The molecule has 0 aromatic rings. The van der Waals surface area contributed by atoms with Gasteiger partial charge in [-0.05, 0) is 0 Å². The summed E-state index contributed by atoms with van der Waals surface area (Å²) in [6.45, 7) is 0. The van der Waals surface area contributed by atoms with Crippen molar-refractivity contribution in [2.45, 2.75) is 0 Å². The van der Waals surface area contributed by atoms with Gasteiger partial charge in [0.2, 0.25) is 0 Å². The summed E-state index contributed by atoms with van der Waals surface area (Å²) in [5, 5.41) is 0. The maximum Gasteiger partial charge on any atom is 0 e. The molecule has 0 bridgehead atoms. The minimum Gasteiger partial charge on any atom is -2.00 e. The Morgan fingerprint density at radius 1 is 0.400 bits per heavy atom. The molecule has 0 spiro atoms. The molecule has 5 heteroatoms. The van der Waals surface area contributed by atoms with Crippen molar-refractivity contribution in [2.24, 2.45) is 0 Å². The van der Waals surface area contributed by atoms with E-state index < -0.39 is 0 Å². The molecule has 0 aromatic carbocycles. The fourth-order valence-corrected chi connectivity index (χ4v) is 0. The van der Waals surface area contributed by atoms with Gasteiger partial charge in [-0.25, -0.2) is 0 Å². The second-order valence-corrected chi connectivity index (χ2v) is 0. The average Bonchev–Trinajstić information content (AvgIpc) is 0. The third-order valence-corrected chi connectivity index (χ3v) is 0. The molecule has 42 valence electrons. The van der Waals surface area contributed by atoms with E-state index in [2.05, 4.69) is 0 Å². The number of rotatable bonds is 0. The molecule has 0 amide bonds. The second-order valence-electron chi connectivity index (χ2n) is 0. The van der Waals surface area contributed by atoms with Crippen molar-refractivity contribution in [1.82, 2.24) is 0 Å². The van der Waals surface area contributed by atoms with Crippen LogP contribution in [0.3, 0.4) is 0 Å². The zero-order chi connectivity index (χ0) is 0. The maximum atomic E-state index is 0. The molecular formula is O3Rh2-6. The van der Waals surface area contributed by atoms with Gasteiger partial charge in [0.05, 0.1) is 0 Å². The first-order valence-electron chi connectivity index (χ1n) is 0. The summed E-state index contributed by atoms with van der Waals surface area (Å²) in [6, 6.07) is 0. The van der Waals surface area contributed by atoms with Crippen LogP contribution in [0.4, 0.5) is 0 Å². The molecule has 2 radical (unpaired) electrons. The first kappa shape index (κ1) is 127. The molecule has 0 unspecified atom stereocenters. The second kappa shape index (κ2) is 68.8. The van der Waals surface area contributed by atoms with Crippen molar-refractivity contribution in [3.05, 3.63) is 0 Å². The van der Waals surface area contributed by atoms with E-state index >= 15 is 0 Å². The Balaban J connectivity index is 0. The fourth-order valence-electron chi connectivity index (χ4n) is 0. The van der Waals surface area contributed by atoms with Gasteiger partial charge in [-0.3, -0.25) is 0 Å². The van der Waals surface area contributed by atoms with E-state index in [1.54, 1.807) is 0 Å². The number of hydrogen-bond acceptors (Lipinski definition) is 0. The van der Waals surface area contributed by atoms with Crippen LogP contribution in [0.15, 0.2) is 0 Å². The van der Waals surface area contributed by atoms with Gasteiger partial charge < -0.3 is 16.4 Å². The van der Waals surface area contributed by atoms with Gasteiger partial charge in [0.25, 0.3) is 0 Å². The van der Waals surface area contributed by atoms with Crippen LogP contribution in [0.25, 0.3) is 0 Å². The van der Waals surface area contributed by atoms with Gasteiger partial charge in [0.15, 0.2) is 0 Å². The minimum atomic E-state index is 0. The molecule has 0 rings (SSSR count). The predicted octanol–water partition coefficient (Wildman–Crippen LogP) is -0.361. The van der Waals surface area contributed by atoms with Gasteiger partial charge in [0, 0.05) is 39.0 Å². The Labute approximate surface area is 55.6 Å². The van der Waals surface area contributed by atoms with E-state index in [0.717, 1.165) is 0 Å². The van der Waals surface area contributed by atoms with Crippen molar-refractivity contribution < 1.29 is 55.4 Å². The van der Waals surface area contributed by atoms with E-state index in [0.29, 0.717) is 0 Å². The van der Waals surface area contributed by atoms with E-state index in [1.807, 2.05) is 0 Å². The third kappa shape index (κ3) is 39.5. The summed E-state index contributed by atoms with van der Waals surface area (Å²) in [6.07, 6.45) is 0. The van der Waals surface area contributed by atoms with Crippen LogP contribution in [0.1, 0.15) is 0 Å². The van der Waals surface area contributed by atoms with Crippen molar-refractivity contribution in [1.29, 1.82) is 0 Å². The first-order chi connectivity index (χ1) is 0. The van der Waals surface area contributed by atoms with E-state index in [-0.39, 0.29) is 55.4 Å². The first-order valence-corrected chi connectivity index (χ1v) is 0. The Bertz CT molecular complexity index is 4.85. The summed E-state index contributed by atoms with van der Waals surface area (Å²) < 4.78 is 0. The minimum absolute atomic E-state index is 0. The molecule has 0 N–H and O–H groups in total. The number of hydrogen-bond donors (Lipinski definition) is 0. The largest absolute Gasteiger partial charge is 2.00 e. The van der Waals surface area contributed by atoms with E-state index in [1.165, 1.54) is 0 Å². The Morgan fingerprint density at radius 3 is 0.400 bits per heavy atom. The molecule has 0 heterocycles. The molecule has 3 nitrogen and oxygen atoms in total. The van der Waals surface area contributed by atoms with Crippen LogP contribution in [0.2, 0.25) is 0 Å². The monoisotopic (exact) mass is 254 g/mol. The molecule has 0 aliphatic heterocycles. The molecule has 0 fully saturated rings. The Hall–Kier alpha value is 1.13. The molecule has 0 saturated carbocycles. The molecule has 0 saturated heterocycles. The smallest absolute Gasteiger partial charge is 0 e. The van der Waals surface area contributed by atoms with Crippen LogP contribution in [0.5, 0.6) is 0 Å². The van der Waals surface area contributed by atoms with Crippen molar-refractivity contribution in [2.75, 3.05) is 0 Å². The zero-order valence-corrected chi connectivity index (χ0v) is 5.17. The Morgan fingerprint density at radius 2 is 0.400 bits per heavy atom. The standard InChI is InChI=1S/3O.2Rh/q3*-2;;. The normalized spacial score (nSPS) is 0. The summed E-state index contributed by atoms with van der Waals surface area (Å²) >= 11 is 0. The molecule has 0 aliphatic carbocycles. The predicted molar refractivity (Wildman–Crippen MR) is 2.06 cm³/mol. The third-order valence-electron chi connectivity index (χ3n) is 0. The van der Waals surface area contributed by atoms with E-state index in [4.69, 9.17) is 0 Å². The van der Waals surface area contributed by atoms with Crippen LogP contribution in [-0.2, 0) is 55.4 Å². The SMILES string of the molecule is [O-2].[O-2].[O-2].[Rh].[Rh]. The fraction of sp³-hybridized carbons (Fsp3) is 0. The Kier molecular flexibility index (Phi) is 1740. The van der Waals surface area contributed by atoms with E-state index in [9.17, 15) is 0 Å². The summed E-state index contributed by atoms with van der Waals surface area (Å²) in [5.74, 6) is 0. The molecule has 0 aromatic heterocycles. The van der Waals surface area contributed by atoms with Crippen molar-refractivity contribution >= 4 is 0 Å². The molecule has 5 heavy (non-hydrogen) atoms. The maximum absolute atomic E-state index is 0. The summed E-state index contributed by atoms with van der Waals surface area (Å²) in [5.41, 5.74) is 0. The van der Waals surface area contributed by atoms with Crippen molar-refractivity contribution in [3.8, 4) is 0 Å². The van der Waals surface area contributed by atoms with Gasteiger partial charge in [-0.15, -0.1) is 0 Å². The molecular weight excluding hydrogens is 254 g/mol. The van der Waals surface area contributed by atoms with Crippen LogP contribution >= 0.6 is 0 Å². The van der Waals surface area contributed by atoms with Gasteiger partial charge >= 0.3 is 0 Å². The van der Waals surface area contributed by atoms with Crippen LogP contribution < -0.4 is 0 Å². The molecule has 0 atom stereocenters. The van der Waals surface area contributed by atoms with Gasteiger partial charge in [0.1, 0.15) is 0 Å².